The Kier molecular flexibility index (Phi) is 10.1. The van der Waals surface area contributed by atoms with Crippen LogP contribution in [0.15, 0.2) is 29.3 Å². The second-order valence-corrected chi connectivity index (χ2v) is 7.54. The van der Waals surface area contributed by atoms with E-state index in [4.69, 9.17) is 4.74 Å². The highest BCUT2D eigenvalue weighted by molar-refractivity contribution is 5.94. The molecule has 0 saturated heterocycles. The van der Waals surface area contributed by atoms with Crippen molar-refractivity contribution in [3.63, 3.8) is 0 Å². The van der Waals surface area contributed by atoms with Gasteiger partial charge in [0.2, 0.25) is 0 Å². The fourth-order valence-corrected chi connectivity index (χ4v) is 2.29. The summed E-state index contributed by atoms with van der Waals surface area (Å²) in [6.07, 6.45) is -4.27. The van der Waals surface area contributed by atoms with Crippen molar-refractivity contribution in [3.8, 4) is 0 Å². The summed E-state index contributed by atoms with van der Waals surface area (Å²) in [6, 6.07) is 4.02. The topological polar surface area (TPSA) is 104 Å². The zero-order valence-electron chi connectivity index (χ0n) is 18.2. The molecular weight excluding hydrogens is 415 g/mol. The maximum absolute atomic E-state index is 12.6. The molecule has 0 bridgehead atoms. The molecule has 4 N–H and O–H groups in total. The number of hydrogen-bond donors (Lipinski definition) is 4. The Bertz CT molecular complexity index is 744. The minimum atomic E-state index is -4.44. The minimum absolute atomic E-state index is 0.146. The highest BCUT2D eigenvalue weighted by atomic mass is 19.4. The normalized spacial score (nSPS) is 12.2. The summed E-state index contributed by atoms with van der Waals surface area (Å²) >= 11 is 0. The van der Waals surface area contributed by atoms with Gasteiger partial charge in [0.25, 0.3) is 5.91 Å². The zero-order valence-corrected chi connectivity index (χ0v) is 18.2. The second-order valence-electron chi connectivity index (χ2n) is 7.54. The maximum atomic E-state index is 12.6. The van der Waals surface area contributed by atoms with Crippen LogP contribution in [0.5, 0.6) is 0 Å². The molecule has 0 aliphatic rings. The van der Waals surface area contributed by atoms with E-state index in [0.717, 1.165) is 24.3 Å². The number of alkyl carbamates (subject to hydrolysis) is 1. The molecule has 1 aromatic rings. The third-order valence-corrected chi connectivity index (χ3v) is 3.72. The van der Waals surface area contributed by atoms with Gasteiger partial charge < -0.3 is 26.0 Å². The lowest BCUT2D eigenvalue weighted by atomic mass is 10.1. The molecule has 0 atom stereocenters. The van der Waals surface area contributed by atoms with Crippen LogP contribution in [0.25, 0.3) is 0 Å². The summed E-state index contributed by atoms with van der Waals surface area (Å²) in [6.45, 7) is 6.96. The average molecular weight is 445 g/mol. The molecule has 0 heterocycles. The molecule has 8 nitrogen and oxygen atoms in total. The SMILES string of the molecule is CN=C(NCCCNC(=O)OC(C)(C)C)NCCNC(=O)c1ccc(C(F)(F)F)cc1. The van der Waals surface area contributed by atoms with Crippen molar-refractivity contribution in [2.24, 2.45) is 4.99 Å². The van der Waals surface area contributed by atoms with Crippen LogP contribution in [-0.2, 0) is 10.9 Å². The second kappa shape index (κ2) is 12.0. The van der Waals surface area contributed by atoms with Crippen molar-refractivity contribution in [1.29, 1.82) is 0 Å². The van der Waals surface area contributed by atoms with Gasteiger partial charge in [0.05, 0.1) is 5.56 Å². The van der Waals surface area contributed by atoms with Crippen molar-refractivity contribution in [3.05, 3.63) is 35.4 Å². The lowest BCUT2D eigenvalue weighted by Crippen LogP contribution is -2.42. The van der Waals surface area contributed by atoms with Gasteiger partial charge in [0, 0.05) is 38.8 Å². The molecule has 0 aliphatic heterocycles. The van der Waals surface area contributed by atoms with E-state index in [-0.39, 0.29) is 12.1 Å². The summed E-state index contributed by atoms with van der Waals surface area (Å²) in [5.74, 6) is 0.0488. The molecule has 1 aromatic carbocycles. The minimum Gasteiger partial charge on any atom is -0.444 e. The fourth-order valence-electron chi connectivity index (χ4n) is 2.29. The van der Waals surface area contributed by atoms with E-state index < -0.39 is 29.3 Å². The largest absolute Gasteiger partial charge is 0.444 e. The van der Waals surface area contributed by atoms with Gasteiger partial charge in [-0.15, -0.1) is 0 Å². The van der Waals surface area contributed by atoms with Crippen LogP contribution in [0.4, 0.5) is 18.0 Å². The smallest absolute Gasteiger partial charge is 0.416 e. The monoisotopic (exact) mass is 445 g/mol. The van der Waals surface area contributed by atoms with Gasteiger partial charge in [-0.2, -0.15) is 13.2 Å². The summed E-state index contributed by atoms with van der Waals surface area (Å²) in [4.78, 5) is 27.6. The highest BCUT2D eigenvalue weighted by Crippen LogP contribution is 2.29. The predicted octanol–water partition coefficient (Wildman–Crippen LogP) is 2.51. The number of amides is 2. The van der Waals surface area contributed by atoms with Crippen LogP contribution < -0.4 is 21.3 Å². The Balaban J connectivity index is 2.22. The van der Waals surface area contributed by atoms with Crippen LogP contribution in [-0.4, -0.2) is 56.8 Å². The number of alkyl halides is 3. The fraction of sp³-hybridized carbons (Fsp3) is 0.550. The van der Waals surface area contributed by atoms with Gasteiger partial charge in [-0.1, -0.05) is 0 Å². The average Bonchev–Trinajstić information content (AvgIpc) is 2.67. The first-order chi connectivity index (χ1) is 14.4. The van der Waals surface area contributed by atoms with Gasteiger partial charge in [-0.05, 0) is 51.5 Å². The van der Waals surface area contributed by atoms with Crippen molar-refractivity contribution < 1.29 is 27.5 Å². The standard InChI is InChI=1S/C20H30F3N5O3/c1-19(2,3)31-18(30)28-11-5-10-26-17(24-4)27-13-12-25-16(29)14-6-8-15(9-7-14)20(21,22)23/h6-9H,5,10-13H2,1-4H3,(H,25,29)(H,28,30)(H2,24,26,27). The maximum Gasteiger partial charge on any atom is 0.416 e. The molecule has 0 aromatic heterocycles. The number of ether oxygens (including phenoxy) is 1. The number of carbonyl (C=O) groups excluding carboxylic acids is 2. The van der Waals surface area contributed by atoms with Crippen molar-refractivity contribution in [2.45, 2.75) is 39.0 Å². The van der Waals surface area contributed by atoms with Crippen molar-refractivity contribution in [2.75, 3.05) is 33.2 Å². The Labute approximate surface area is 180 Å². The molecule has 31 heavy (non-hydrogen) atoms. The number of nitrogens with zero attached hydrogens (tertiary/aromatic N) is 1. The Hall–Kier alpha value is -2.98. The van der Waals surface area contributed by atoms with E-state index in [0.29, 0.717) is 32.0 Å². The van der Waals surface area contributed by atoms with Crippen LogP contribution in [0.3, 0.4) is 0 Å². The van der Waals surface area contributed by atoms with Gasteiger partial charge in [-0.3, -0.25) is 9.79 Å². The highest BCUT2D eigenvalue weighted by Gasteiger charge is 2.30. The van der Waals surface area contributed by atoms with Crippen LogP contribution in [0.2, 0.25) is 0 Å². The van der Waals surface area contributed by atoms with Gasteiger partial charge in [-0.25, -0.2) is 4.79 Å². The number of aliphatic imine (C=N–C) groups is 1. The molecule has 0 fully saturated rings. The van der Waals surface area contributed by atoms with E-state index in [1.165, 1.54) is 0 Å². The van der Waals surface area contributed by atoms with Crippen LogP contribution in [0, 0.1) is 0 Å². The van der Waals surface area contributed by atoms with Crippen LogP contribution in [0.1, 0.15) is 43.1 Å². The molecule has 11 heteroatoms. The molecule has 0 aliphatic carbocycles. The van der Waals surface area contributed by atoms with E-state index in [2.05, 4.69) is 26.3 Å². The summed E-state index contributed by atoms with van der Waals surface area (Å²) in [5.41, 5.74) is -1.20. The first kappa shape index (κ1) is 26.1. The quantitative estimate of drug-likeness (QED) is 0.280. The number of halogens is 3. The van der Waals surface area contributed by atoms with Gasteiger partial charge >= 0.3 is 12.3 Å². The van der Waals surface area contributed by atoms with Gasteiger partial charge in [0.1, 0.15) is 5.60 Å². The van der Waals surface area contributed by atoms with E-state index in [1.54, 1.807) is 27.8 Å². The summed E-state index contributed by atoms with van der Waals surface area (Å²) < 4.78 is 42.8. The van der Waals surface area contributed by atoms with E-state index in [9.17, 15) is 22.8 Å². The first-order valence-electron chi connectivity index (χ1n) is 9.79. The third-order valence-electron chi connectivity index (χ3n) is 3.72. The lowest BCUT2D eigenvalue weighted by Gasteiger charge is -2.19. The Morgan fingerprint density at radius 2 is 1.45 bits per heavy atom. The molecule has 2 amide bonds. The van der Waals surface area contributed by atoms with E-state index in [1.807, 2.05) is 0 Å². The summed E-state index contributed by atoms with van der Waals surface area (Å²) in [5, 5.41) is 11.3. The molecule has 0 unspecified atom stereocenters. The third kappa shape index (κ3) is 11.1. The lowest BCUT2D eigenvalue weighted by molar-refractivity contribution is -0.137. The molecule has 0 spiro atoms. The molecule has 0 saturated carbocycles. The summed E-state index contributed by atoms with van der Waals surface area (Å²) in [7, 11) is 1.59. The molecule has 0 radical (unpaired) electrons. The van der Waals surface area contributed by atoms with Crippen LogP contribution >= 0.6 is 0 Å². The van der Waals surface area contributed by atoms with Gasteiger partial charge in [0.15, 0.2) is 5.96 Å². The molecule has 174 valence electrons. The number of carbonyl (C=O) groups is 2. The first-order valence-corrected chi connectivity index (χ1v) is 9.79. The number of guanidine groups is 1. The Morgan fingerprint density at radius 1 is 0.903 bits per heavy atom. The zero-order chi connectivity index (χ0) is 23.5. The number of rotatable bonds is 8. The molecular formula is C20H30F3N5O3. The van der Waals surface area contributed by atoms with E-state index >= 15 is 0 Å². The Morgan fingerprint density at radius 3 is 2.00 bits per heavy atom. The predicted molar refractivity (Wildman–Crippen MR) is 112 cm³/mol. The molecule has 1 rings (SSSR count). The number of nitrogens with one attached hydrogen (secondary N) is 4. The van der Waals surface area contributed by atoms with Crippen molar-refractivity contribution in [1.82, 2.24) is 21.3 Å². The number of benzene rings is 1. The number of hydrogen-bond acceptors (Lipinski definition) is 4. The van der Waals surface area contributed by atoms with Crippen molar-refractivity contribution >= 4 is 18.0 Å².